The monoisotopic (exact) mass is 266 g/mol. The van der Waals surface area contributed by atoms with E-state index in [0.29, 0.717) is 0 Å². The highest BCUT2D eigenvalue weighted by Crippen LogP contribution is 2.40. The molecule has 0 saturated carbocycles. The van der Waals surface area contributed by atoms with Crippen molar-refractivity contribution in [3.63, 3.8) is 0 Å². The van der Waals surface area contributed by atoms with Crippen LogP contribution >= 0.6 is 0 Å². The molecule has 98 valence electrons. The van der Waals surface area contributed by atoms with E-state index >= 15 is 0 Å². The summed E-state index contributed by atoms with van der Waals surface area (Å²) in [7, 11) is 0. The lowest BCUT2D eigenvalue weighted by atomic mass is 9.84. The molecule has 0 N–H and O–H groups in total. The van der Waals surface area contributed by atoms with Crippen LogP contribution in [0.15, 0.2) is 61.2 Å². The van der Waals surface area contributed by atoms with Crippen molar-refractivity contribution in [3.8, 4) is 0 Å². The van der Waals surface area contributed by atoms with Gasteiger partial charge in [-0.25, -0.2) is 0 Å². The number of hydrogen-bond donors (Lipinski definition) is 0. The molecule has 0 unspecified atom stereocenters. The fourth-order valence-corrected chi connectivity index (χ4v) is 3.85. The molecule has 0 atom stereocenters. The van der Waals surface area contributed by atoms with Gasteiger partial charge in [0.2, 0.25) is 0 Å². The Hall–Kier alpha value is -2.60. The Bertz CT molecular complexity index is 1110. The van der Waals surface area contributed by atoms with Crippen molar-refractivity contribution in [1.29, 1.82) is 0 Å². The normalized spacial score (nSPS) is 14.0. The maximum atomic E-state index is 4.33. The van der Waals surface area contributed by atoms with E-state index in [1.165, 1.54) is 48.7 Å². The van der Waals surface area contributed by atoms with Crippen molar-refractivity contribution in [1.82, 2.24) is 0 Å². The number of hydrogen-bond acceptors (Lipinski definition) is 0. The van der Waals surface area contributed by atoms with E-state index in [1.807, 2.05) is 0 Å². The first kappa shape index (κ1) is 11.1. The maximum Gasteiger partial charge on any atom is -0.00263 e. The summed E-state index contributed by atoms with van der Waals surface area (Å²) in [5.74, 6) is 0. The Morgan fingerprint density at radius 2 is 1.38 bits per heavy atom. The molecule has 21 heavy (non-hydrogen) atoms. The predicted molar refractivity (Wildman–Crippen MR) is 92.3 cm³/mol. The molecule has 0 radical (unpaired) electrons. The minimum Gasteiger partial charge on any atom is -0.0949 e. The highest BCUT2D eigenvalue weighted by atomic mass is 14.2. The first-order chi connectivity index (χ1) is 10.3. The van der Waals surface area contributed by atoms with E-state index in [-0.39, 0.29) is 0 Å². The second kappa shape index (κ2) is 3.73. The highest BCUT2D eigenvalue weighted by molar-refractivity contribution is 6.26. The van der Waals surface area contributed by atoms with Crippen molar-refractivity contribution in [2.24, 2.45) is 0 Å². The molecule has 4 aromatic carbocycles. The van der Waals surface area contributed by atoms with Gasteiger partial charge in [-0.15, -0.1) is 0 Å². The Balaban J connectivity index is 2.28. The van der Waals surface area contributed by atoms with Gasteiger partial charge in [-0.3, -0.25) is 0 Å². The van der Waals surface area contributed by atoms with Crippen LogP contribution in [0.1, 0.15) is 12.0 Å². The quantitative estimate of drug-likeness (QED) is 0.308. The van der Waals surface area contributed by atoms with E-state index in [2.05, 4.69) is 67.3 Å². The van der Waals surface area contributed by atoms with Crippen LogP contribution < -0.4 is 5.22 Å². The predicted octanol–water partition coefficient (Wildman–Crippen LogP) is 5.06. The fraction of sp³-hybridized carbons (Fsp3) is 0.0476. The van der Waals surface area contributed by atoms with Gasteiger partial charge in [0.05, 0.1) is 0 Å². The molecule has 0 aliphatic heterocycles. The van der Waals surface area contributed by atoms with Crippen molar-refractivity contribution < 1.29 is 0 Å². The van der Waals surface area contributed by atoms with Crippen molar-refractivity contribution in [2.75, 3.05) is 0 Å². The van der Waals surface area contributed by atoms with E-state index < -0.39 is 0 Å². The average Bonchev–Trinajstić information content (AvgIpc) is 2.53. The third-order valence-corrected chi connectivity index (χ3v) is 4.73. The molecule has 4 aromatic rings. The number of allylic oxidation sites excluding steroid dienone is 1. The summed E-state index contributed by atoms with van der Waals surface area (Å²) in [5.41, 5.74) is 2.59. The first-order valence-corrected chi connectivity index (χ1v) is 7.39. The van der Waals surface area contributed by atoms with Crippen LogP contribution in [0.5, 0.6) is 0 Å². The maximum absolute atomic E-state index is 4.33. The zero-order valence-corrected chi connectivity index (χ0v) is 11.7. The minimum absolute atomic E-state index is 0.949. The molecule has 0 amide bonds. The molecule has 5 rings (SSSR count). The van der Waals surface area contributed by atoms with Crippen LogP contribution in [0.4, 0.5) is 0 Å². The average molecular weight is 266 g/mol. The summed E-state index contributed by atoms with van der Waals surface area (Å²) in [4.78, 5) is 0. The third-order valence-electron chi connectivity index (χ3n) is 4.73. The Morgan fingerprint density at radius 1 is 0.714 bits per heavy atom. The lowest BCUT2D eigenvalue weighted by molar-refractivity contribution is 1.46. The molecule has 0 bridgehead atoms. The zero-order valence-electron chi connectivity index (χ0n) is 11.7. The highest BCUT2D eigenvalue weighted by Gasteiger charge is 2.17. The molecule has 0 heterocycles. The Morgan fingerprint density at radius 3 is 2.19 bits per heavy atom. The summed E-state index contributed by atoms with van der Waals surface area (Å²) >= 11 is 0. The van der Waals surface area contributed by atoms with E-state index in [0.717, 1.165) is 6.42 Å². The van der Waals surface area contributed by atoms with Crippen molar-refractivity contribution in [3.05, 3.63) is 72.0 Å². The summed E-state index contributed by atoms with van der Waals surface area (Å²) in [5, 5.41) is 9.47. The van der Waals surface area contributed by atoms with Gasteiger partial charge >= 0.3 is 0 Å². The summed E-state index contributed by atoms with van der Waals surface area (Å²) in [6.45, 7) is 4.33. The van der Waals surface area contributed by atoms with Crippen LogP contribution in [0.2, 0.25) is 0 Å². The second-order valence-corrected chi connectivity index (χ2v) is 5.87. The van der Waals surface area contributed by atoms with E-state index in [1.54, 1.807) is 0 Å². The van der Waals surface area contributed by atoms with Gasteiger partial charge in [-0.1, -0.05) is 67.3 Å². The van der Waals surface area contributed by atoms with Crippen molar-refractivity contribution >= 4 is 44.0 Å². The van der Waals surface area contributed by atoms with Crippen LogP contribution in [0, 0.1) is 0 Å². The van der Waals surface area contributed by atoms with Gasteiger partial charge in [-0.05, 0) is 55.1 Å². The molecule has 0 aromatic heterocycles. The van der Waals surface area contributed by atoms with Gasteiger partial charge in [-0.2, -0.15) is 0 Å². The van der Waals surface area contributed by atoms with Crippen LogP contribution in [0.25, 0.3) is 44.0 Å². The van der Waals surface area contributed by atoms with Gasteiger partial charge in [0, 0.05) is 0 Å². The smallest absolute Gasteiger partial charge is 0.00263 e. The zero-order chi connectivity index (χ0) is 14.0. The fourth-order valence-electron chi connectivity index (χ4n) is 3.85. The second-order valence-electron chi connectivity index (χ2n) is 5.87. The SMILES string of the molecule is C=C1CC=c2cccc3c2c1c1cccc2cccc3c21. The lowest BCUT2D eigenvalue weighted by Crippen LogP contribution is -2.09. The third kappa shape index (κ3) is 1.30. The molecule has 0 fully saturated rings. The Labute approximate surface area is 123 Å². The lowest BCUT2D eigenvalue weighted by Gasteiger charge is -2.19. The molecule has 0 saturated heterocycles. The molecule has 0 heteroatoms. The topological polar surface area (TPSA) is 0 Å². The van der Waals surface area contributed by atoms with Crippen molar-refractivity contribution in [2.45, 2.75) is 6.42 Å². The van der Waals surface area contributed by atoms with E-state index in [9.17, 15) is 0 Å². The molecule has 0 nitrogen and oxygen atoms in total. The molecular weight excluding hydrogens is 252 g/mol. The molecule has 0 spiro atoms. The van der Waals surface area contributed by atoms with Crippen LogP contribution in [-0.4, -0.2) is 0 Å². The molecule has 1 aliphatic rings. The first-order valence-electron chi connectivity index (χ1n) is 7.39. The largest absolute Gasteiger partial charge is 0.0949 e. The minimum atomic E-state index is 0.949. The molecule has 1 aliphatic carbocycles. The number of fused-ring (bicyclic) bond motifs is 2. The van der Waals surface area contributed by atoms with Crippen LogP contribution in [0.3, 0.4) is 0 Å². The summed E-state index contributed by atoms with van der Waals surface area (Å²) in [6, 6.07) is 19.9. The van der Waals surface area contributed by atoms with E-state index in [4.69, 9.17) is 0 Å². The number of rotatable bonds is 0. The summed E-state index contributed by atoms with van der Waals surface area (Å²) < 4.78 is 0. The van der Waals surface area contributed by atoms with Gasteiger partial charge in [0.1, 0.15) is 0 Å². The van der Waals surface area contributed by atoms with Crippen LogP contribution in [-0.2, 0) is 0 Å². The molecular formula is C21H14. The van der Waals surface area contributed by atoms with Gasteiger partial charge in [0.15, 0.2) is 0 Å². The van der Waals surface area contributed by atoms with Gasteiger partial charge < -0.3 is 0 Å². The standard InChI is InChI=1S/C21H14/c1-13-11-12-15-7-3-9-17-16-8-2-5-14-6-4-10-18(20(14)16)19(13)21(15)17/h2-10,12H,1,11H2. The van der Waals surface area contributed by atoms with Gasteiger partial charge in [0.25, 0.3) is 0 Å². The number of benzene rings is 4. The Kier molecular flexibility index (Phi) is 1.97. The summed E-state index contributed by atoms with van der Waals surface area (Å²) in [6.07, 6.45) is 3.25.